The molecule has 0 aliphatic carbocycles. The van der Waals surface area contributed by atoms with Crippen LogP contribution in [0.2, 0.25) is 0 Å². The van der Waals surface area contributed by atoms with Crippen molar-refractivity contribution in [2.45, 2.75) is 0 Å². The summed E-state index contributed by atoms with van der Waals surface area (Å²) in [6.45, 7) is 0. The predicted molar refractivity (Wildman–Crippen MR) is 113 cm³/mol. The monoisotopic (exact) mass is 401 g/mol. The molecule has 0 fully saturated rings. The van der Waals surface area contributed by atoms with Crippen molar-refractivity contribution in [1.29, 1.82) is 0 Å². The maximum absolute atomic E-state index is 10.3. The smallest absolute Gasteiger partial charge is 0.167 e. The number of nitrogens with zero attached hydrogens (tertiary/aromatic N) is 3. The summed E-state index contributed by atoms with van der Waals surface area (Å²) in [7, 11) is 3.12. The van der Waals surface area contributed by atoms with E-state index in [9.17, 15) is 10.2 Å². The number of hydrogen-bond donors (Lipinski definition) is 2. The minimum absolute atomic E-state index is 0.0413. The first-order valence-corrected chi connectivity index (χ1v) is 9.16. The van der Waals surface area contributed by atoms with E-state index in [0.717, 1.165) is 0 Å². The maximum Gasteiger partial charge on any atom is 0.167 e. The van der Waals surface area contributed by atoms with Crippen LogP contribution in [0.5, 0.6) is 23.0 Å². The molecule has 0 bridgehead atoms. The quantitative estimate of drug-likeness (QED) is 0.514. The topological polar surface area (TPSA) is 97.6 Å². The number of para-hydroxylation sites is 2. The summed E-state index contributed by atoms with van der Waals surface area (Å²) >= 11 is 0. The summed E-state index contributed by atoms with van der Waals surface area (Å²) in [6.07, 6.45) is 0. The molecule has 1 aromatic heterocycles. The molecule has 2 N–H and O–H groups in total. The van der Waals surface area contributed by atoms with Gasteiger partial charge in [0, 0.05) is 6.07 Å². The van der Waals surface area contributed by atoms with Gasteiger partial charge in [0.2, 0.25) is 0 Å². The maximum atomic E-state index is 10.3. The molecular weight excluding hydrogens is 382 g/mol. The first-order valence-electron chi connectivity index (χ1n) is 9.16. The van der Waals surface area contributed by atoms with E-state index < -0.39 is 0 Å². The normalized spacial score (nSPS) is 10.6. The molecule has 150 valence electrons. The molecule has 0 spiro atoms. The Morgan fingerprint density at radius 1 is 0.600 bits per heavy atom. The SMILES string of the molecule is COc1ccc(-c2nc(-c3ccccc3O)nc(-c3ccccc3O)n2)c(OC)c1. The molecule has 3 aromatic carbocycles. The van der Waals surface area contributed by atoms with Crippen molar-refractivity contribution in [3.8, 4) is 57.2 Å². The molecular formula is C23H19N3O4. The molecule has 1 heterocycles. The van der Waals surface area contributed by atoms with Gasteiger partial charge in [0.05, 0.1) is 30.9 Å². The predicted octanol–water partition coefficient (Wildman–Crippen LogP) is 4.30. The highest BCUT2D eigenvalue weighted by atomic mass is 16.5. The van der Waals surface area contributed by atoms with Crippen LogP contribution >= 0.6 is 0 Å². The molecule has 0 unspecified atom stereocenters. The van der Waals surface area contributed by atoms with Crippen molar-refractivity contribution in [3.63, 3.8) is 0 Å². The van der Waals surface area contributed by atoms with E-state index in [1.165, 1.54) is 0 Å². The molecule has 0 saturated carbocycles. The lowest BCUT2D eigenvalue weighted by Gasteiger charge is -2.12. The number of aromatic hydroxyl groups is 2. The second-order valence-corrected chi connectivity index (χ2v) is 6.41. The summed E-state index contributed by atoms with van der Waals surface area (Å²) < 4.78 is 10.8. The number of benzene rings is 3. The van der Waals surface area contributed by atoms with Crippen LogP contribution < -0.4 is 9.47 Å². The second-order valence-electron chi connectivity index (χ2n) is 6.41. The number of ether oxygens (including phenoxy) is 2. The van der Waals surface area contributed by atoms with Gasteiger partial charge in [-0.1, -0.05) is 24.3 Å². The van der Waals surface area contributed by atoms with E-state index in [1.807, 2.05) is 0 Å². The zero-order valence-corrected chi connectivity index (χ0v) is 16.4. The lowest BCUT2D eigenvalue weighted by Crippen LogP contribution is -2.01. The number of phenols is 2. The van der Waals surface area contributed by atoms with Crippen molar-refractivity contribution >= 4 is 0 Å². The average Bonchev–Trinajstić information content (AvgIpc) is 2.79. The van der Waals surface area contributed by atoms with Gasteiger partial charge in [0.25, 0.3) is 0 Å². The van der Waals surface area contributed by atoms with Gasteiger partial charge in [-0.3, -0.25) is 0 Å². The van der Waals surface area contributed by atoms with E-state index in [1.54, 1.807) is 80.9 Å². The average molecular weight is 401 g/mol. The highest BCUT2D eigenvalue weighted by Crippen LogP contribution is 2.35. The third-order valence-corrected chi connectivity index (χ3v) is 4.57. The fourth-order valence-electron chi connectivity index (χ4n) is 3.05. The molecule has 0 radical (unpaired) electrons. The van der Waals surface area contributed by atoms with Crippen molar-refractivity contribution in [2.24, 2.45) is 0 Å². The van der Waals surface area contributed by atoms with Crippen molar-refractivity contribution < 1.29 is 19.7 Å². The standard InChI is InChI=1S/C23H19N3O4/c1-29-14-11-12-17(20(13-14)30-2)23-25-21(15-7-3-5-9-18(15)27)24-22(26-23)16-8-4-6-10-19(16)28/h3-13,27-28H,1-2H3. The summed E-state index contributed by atoms with van der Waals surface area (Å²) in [6, 6.07) is 18.9. The minimum Gasteiger partial charge on any atom is -0.507 e. The molecule has 7 heteroatoms. The van der Waals surface area contributed by atoms with Crippen LogP contribution in [-0.2, 0) is 0 Å². The van der Waals surface area contributed by atoms with E-state index in [2.05, 4.69) is 15.0 Å². The third kappa shape index (κ3) is 3.60. The van der Waals surface area contributed by atoms with Gasteiger partial charge in [0.15, 0.2) is 17.5 Å². The molecule has 30 heavy (non-hydrogen) atoms. The van der Waals surface area contributed by atoms with Gasteiger partial charge in [-0.2, -0.15) is 0 Å². The summed E-state index contributed by atoms with van der Waals surface area (Å²) in [4.78, 5) is 13.6. The molecule has 7 nitrogen and oxygen atoms in total. The Labute approximate surface area is 173 Å². The van der Waals surface area contributed by atoms with Crippen LogP contribution in [0.1, 0.15) is 0 Å². The van der Waals surface area contributed by atoms with Gasteiger partial charge in [-0.05, 0) is 36.4 Å². The van der Waals surface area contributed by atoms with Crippen LogP contribution in [0.3, 0.4) is 0 Å². The van der Waals surface area contributed by atoms with Crippen molar-refractivity contribution in [2.75, 3.05) is 14.2 Å². The van der Waals surface area contributed by atoms with Crippen LogP contribution in [-0.4, -0.2) is 39.4 Å². The third-order valence-electron chi connectivity index (χ3n) is 4.57. The highest BCUT2D eigenvalue weighted by molar-refractivity contribution is 5.73. The Balaban J connectivity index is 1.98. The van der Waals surface area contributed by atoms with E-state index in [4.69, 9.17) is 9.47 Å². The molecule has 0 aliphatic rings. The first kappa shape index (κ1) is 19.2. The minimum atomic E-state index is 0.0413. The molecule has 0 amide bonds. The lowest BCUT2D eigenvalue weighted by atomic mass is 10.1. The number of methoxy groups -OCH3 is 2. The number of rotatable bonds is 5. The Hall–Kier alpha value is -4.13. The molecule has 0 aliphatic heterocycles. The Morgan fingerprint density at radius 3 is 1.57 bits per heavy atom. The van der Waals surface area contributed by atoms with Gasteiger partial charge < -0.3 is 19.7 Å². The Bertz CT molecular complexity index is 1150. The van der Waals surface area contributed by atoms with E-state index >= 15 is 0 Å². The van der Waals surface area contributed by atoms with E-state index in [-0.39, 0.29) is 23.1 Å². The fraction of sp³-hybridized carbons (Fsp3) is 0.0870. The van der Waals surface area contributed by atoms with Crippen molar-refractivity contribution in [1.82, 2.24) is 15.0 Å². The summed E-state index contributed by atoms with van der Waals surface area (Å²) in [5.74, 6) is 2.11. The molecule has 4 rings (SSSR count). The van der Waals surface area contributed by atoms with Gasteiger partial charge in [0.1, 0.15) is 23.0 Å². The van der Waals surface area contributed by atoms with Gasteiger partial charge in [-0.25, -0.2) is 15.0 Å². The van der Waals surface area contributed by atoms with Crippen LogP contribution in [0.25, 0.3) is 34.2 Å². The number of hydrogen-bond acceptors (Lipinski definition) is 7. The second kappa shape index (κ2) is 8.08. The fourth-order valence-corrected chi connectivity index (χ4v) is 3.05. The molecule has 0 saturated heterocycles. The zero-order chi connectivity index (χ0) is 21.1. The number of aromatic nitrogens is 3. The Morgan fingerprint density at radius 2 is 1.10 bits per heavy atom. The molecule has 4 aromatic rings. The molecule has 0 atom stereocenters. The van der Waals surface area contributed by atoms with Gasteiger partial charge in [-0.15, -0.1) is 0 Å². The van der Waals surface area contributed by atoms with Gasteiger partial charge >= 0.3 is 0 Å². The number of phenolic OH excluding ortho intramolecular Hbond substituents is 2. The first-order chi connectivity index (χ1) is 14.6. The Kier molecular flexibility index (Phi) is 5.17. The lowest BCUT2D eigenvalue weighted by molar-refractivity contribution is 0.395. The van der Waals surface area contributed by atoms with Crippen LogP contribution in [0.15, 0.2) is 66.7 Å². The summed E-state index contributed by atoms with van der Waals surface area (Å²) in [5, 5.41) is 20.6. The van der Waals surface area contributed by atoms with Crippen LogP contribution in [0, 0.1) is 0 Å². The highest BCUT2D eigenvalue weighted by Gasteiger charge is 2.18. The summed E-state index contributed by atoms with van der Waals surface area (Å²) in [5.41, 5.74) is 1.52. The zero-order valence-electron chi connectivity index (χ0n) is 16.4. The van der Waals surface area contributed by atoms with E-state index in [0.29, 0.717) is 34.0 Å². The largest absolute Gasteiger partial charge is 0.507 e. The van der Waals surface area contributed by atoms with Crippen molar-refractivity contribution in [3.05, 3.63) is 66.7 Å². The van der Waals surface area contributed by atoms with Crippen LogP contribution in [0.4, 0.5) is 0 Å².